The van der Waals surface area contributed by atoms with Crippen LogP contribution >= 0.6 is 0 Å². The number of aliphatic hydroxyl groups excluding tert-OH is 1. The first-order chi connectivity index (χ1) is 7.96. The Morgan fingerprint density at radius 1 is 1.47 bits per heavy atom. The molecule has 1 unspecified atom stereocenters. The molecule has 94 valence electrons. The van der Waals surface area contributed by atoms with Crippen LogP contribution in [0.1, 0.15) is 38.9 Å². The summed E-state index contributed by atoms with van der Waals surface area (Å²) in [6.45, 7) is 6.27. The molecule has 1 aliphatic rings. The minimum Gasteiger partial charge on any atom is -0.497 e. The number of rotatable bonds is 2. The lowest BCUT2D eigenvalue weighted by molar-refractivity contribution is -0.0322. The van der Waals surface area contributed by atoms with Crippen LogP contribution in [0.25, 0.3) is 0 Å². The summed E-state index contributed by atoms with van der Waals surface area (Å²) >= 11 is 0. The molecule has 1 aromatic carbocycles. The van der Waals surface area contributed by atoms with Gasteiger partial charge >= 0.3 is 0 Å². The second-order valence-corrected chi connectivity index (χ2v) is 5.19. The van der Waals surface area contributed by atoms with Crippen LogP contribution in [0.3, 0.4) is 0 Å². The zero-order valence-corrected chi connectivity index (χ0v) is 10.9. The molecule has 1 aliphatic heterocycles. The van der Waals surface area contributed by atoms with Gasteiger partial charge in [-0.05, 0) is 31.0 Å². The Kier molecular flexibility index (Phi) is 3.04. The molecule has 2 rings (SSSR count). The minimum absolute atomic E-state index is 0.305. The molecule has 3 heteroatoms. The Morgan fingerprint density at radius 3 is 2.76 bits per heavy atom. The van der Waals surface area contributed by atoms with Crippen LogP contribution in [-0.4, -0.2) is 17.8 Å². The molecule has 17 heavy (non-hydrogen) atoms. The molecular weight excluding hydrogens is 216 g/mol. The molecule has 3 nitrogen and oxygen atoms in total. The largest absolute Gasteiger partial charge is 0.497 e. The average molecular weight is 236 g/mol. The van der Waals surface area contributed by atoms with Crippen LogP contribution in [-0.2, 0) is 0 Å². The number of fused-ring (bicyclic) bond motifs is 1. The van der Waals surface area contributed by atoms with Gasteiger partial charge in [0.1, 0.15) is 17.1 Å². The van der Waals surface area contributed by atoms with Crippen molar-refractivity contribution in [2.24, 2.45) is 5.92 Å². The molecule has 1 N–H and O–H groups in total. The normalized spacial score (nSPS) is 27.5. The average Bonchev–Trinajstić information content (AvgIpc) is 2.28. The van der Waals surface area contributed by atoms with E-state index in [4.69, 9.17) is 9.47 Å². The van der Waals surface area contributed by atoms with Crippen molar-refractivity contribution in [1.29, 1.82) is 0 Å². The van der Waals surface area contributed by atoms with E-state index in [1.165, 1.54) is 0 Å². The predicted molar refractivity (Wildman–Crippen MR) is 66.4 cm³/mol. The van der Waals surface area contributed by atoms with Gasteiger partial charge < -0.3 is 14.6 Å². The van der Waals surface area contributed by atoms with Crippen molar-refractivity contribution in [2.45, 2.75) is 38.9 Å². The molecule has 0 bridgehead atoms. The first-order valence-corrected chi connectivity index (χ1v) is 6.01. The van der Waals surface area contributed by atoms with Crippen LogP contribution in [0.5, 0.6) is 11.5 Å². The van der Waals surface area contributed by atoms with Gasteiger partial charge in [-0.2, -0.15) is 0 Å². The molecule has 0 spiro atoms. The molecule has 0 aromatic heterocycles. The van der Waals surface area contributed by atoms with Crippen LogP contribution in [0.4, 0.5) is 0 Å². The van der Waals surface area contributed by atoms with Gasteiger partial charge in [-0.25, -0.2) is 0 Å². The third-order valence-electron chi connectivity index (χ3n) is 3.74. The van der Waals surface area contributed by atoms with Gasteiger partial charge in [0, 0.05) is 12.0 Å². The molecule has 1 aromatic rings. The Morgan fingerprint density at radius 2 is 2.18 bits per heavy atom. The third kappa shape index (κ3) is 2.12. The Bertz CT molecular complexity index is 414. The maximum Gasteiger partial charge on any atom is 0.126 e. The lowest BCUT2D eigenvalue weighted by atomic mass is 9.82. The highest BCUT2D eigenvalue weighted by Crippen LogP contribution is 2.43. The number of hydrogen-bond donors (Lipinski definition) is 1. The fraction of sp³-hybridized carbons (Fsp3) is 0.571. The number of methoxy groups -OCH3 is 1. The fourth-order valence-electron chi connectivity index (χ4n) is 2.15. The summed E-state index contributed by atoms with van der Waals surface area (Å²) in [4.78, 5) is 0. The predicted octanol–water partition coefficient (Wildman–Crippen LogP) is 2.93. The molecule has 0 saturated carbocycles. The number of benzene rings is 1. The molecular formula is C14H20O3. The standard InChI is InChI=1S/C14H20O3/c1-9(2)14(3)8-12(15)11-7-10(16-4)5-6-13(11)17-14/h5-7,9,12,15H,8H2,1-4H3/t12-,14?/m0/s1. The maximum atomic E-state index is 10.2. The fourth-order valence-corrected chi connectivity index (χ4v) is 2.15. The van der Waals surface area contributed by atoms with Crippen LogP contribution in [0, 0.1) is 5.92 Å². The Labute approximate surface area is 102 Å². The summed E-state index contributed by atoms with van der Waals surface area (Å²) in [5.74, 6) is 1.87. The highest BCUT2D eigenvalue weighted by atomic mass is 16.5. The zero-order chi connectivity index (χ0) is 12.6. The van der Waals surface area contributed by atoms with Crippen LogP contribution in [0.2, 0.25) is 0 Å². The van der Waals surface area contributed by atoms with Crippen molar-refractivity contribution in [3.8, 4) is 11.5 Å². The van der Waals surface area contributed by atoms with Crippen molar-refractivity contribution in [2.75, 3.05) is 7.11 Å². The van der Waals surface area contributed by atoms with E-state index in [1.54, 1.807) is 7.11 Å². The van der Waals surface area contributed by atoms with Crippen LogP contribution < -0.4 is 9.47 Å². The van der Waals surface area contributed by atoms with Gasteiger partial charge in [0.25, 0.3) is 0 Å². The lowest BCUT2D eigenvalue weighted by Crippen LogP contribution is -2.42. The SMILES string of the molecule is COc1ccc2c(c1)[C@@H](O)CC(C)(C(C)C)O2. The molecule has 2 atom stereocenters. The molecule has 0 radical (unpaired) electrons. The summed E-state index contributed by atoms with van der Waals surface area (Å²) in [7, 11) is 1.62. The van der Waals surface area contributed by atoms with E-state index in [9.17, 15) is 5.11 Å². The lowest BCUT2D eigenvalue weighted by Gasteiger charge is -2.41. The zero-order valence-electron chi connectivity index (χ0n) is 10.9. The highest BCUT2D eigenvalue weighted by Gasteiger charge is 2.39. The quantitative estimate of drug-likeness (QED) is 0.858. The number of ether oxygens (including phenoxy) is 2. The topological polar surface area (TPSA) is 38.7 Å². The molecule has 0 amide bonds. The summed E-state index contributed by atoms with van der Waals surface area (Å²) in [6.07, 6.45) is 0.131. The van der Waals surface area contributed by atoms with Crippen LogP contribution in [0.15, 0.2) is 18.2 Å². The second-order valence-electron chi connectivity index (χ2n) is 5.19. The van der Waals surface area contributed by atoms with Crippen molar-refractivity contribution in [3.05, 3.63) is 23.8 Å². The van der Waals surface area contributed by atoms with Gasteiger partial charge in [-0.15, -0.1) is 0 Å². The van der Waals surface area contributed by atoms with Gasteiger partial charge in [-0.1, -0.05) is 13.8 Å². The monoisotopic (exact) mass is 236 g/mol. The summed E-state index contributed by atoms with van der Waals surface area (Å²) < 4.78 is 11.2. The first kappa shape index (κ1) is 12.2. The van der Waals surface area contributed by atoms with Gasteiger partial charge in [0.2, 0.25) is 0 Å². The van der Waals surface area contributed by atoms with Gasteiger partial charge in [-0.3, -0.25) is 0 Å². The Hall–Kier alpha value is -1.22. The van der Waals surface area contributed by atoms with Crippen molar-refractivity contribution >= 4 is 0 Å². The number of hydrogen-bond acceptors (Lipinski definition) is 3. The van der Waals surface area contributed by atoms with E-state index < -0.39 is 6.10 Å². The van der Waals surface area contributed by atoms with E-state index >= 15 is 0 Å². The van der Waals surface area contributed by atoms with Gasteiger partial charge in [0.05, 0.1) is 13.2 Å². The van der Waals surface area contributed by atoms with E-state index in [0.717, 1.165) is 17.1 Å². The van der Waals surface area contributed by atoms with E-state index in [2.05, 4.69) is 13.8 Å². The second kappa shape index (κ2) is 4.22. The van der Waals surface area contributed by atoms with E-state index in [1.807, 2.05) is 25.1 Å². The van der Waals surface area contributed by atoms with E-state index in [-0.39, 0.29) is 5.60 Å². The summed E-state index contributed by atoms with van der Waals surface area (Å²) in [5, 5.41) is 10.2. The van der Waals surface area contributed by atoms with Crippen molar-refractivity contribution in [1.82, 2.24) is 0 Å². The molecule has 0 saturated heterocycles. The molecule has 0 fully saturated rings. The Balaban J connectivity index is 2.38. The third-order valence-corrected chi connectivity index (χ3v) is 3.74. The van der Waals surface area contributed by atoms with E-state index in [0.29, 0.717) is 12.3 Å². The highest BCUT2D eigenvalue weighted by molar-refractivity contribution is 5.43. The first-order valence-electron chi connectivity index (χ1n) is 6.01. The smallest absolute Gasteiger partial charge is 0.126 e. The van der Waals surface area contributed by atoms with Crippen molar-refractivity contribution in [3.63, 3.8) is 0 Å². The maximum absolute atomic E-state index is 10.2. The summed E-state index contributed by atoms with van der Waals surface area (Å²) in [5.41, 5.74) is 0.517. The van der Waals surface area contributed by atoms with Crippen molar-refractivity contribution < 1.29 is 14.6 Å². The van der Waals surface area contributed by atoms with Gasteiger partial charge in [0.15, 0.2) is 0 Å². The number of aliphatic hydroxyl groups is 1. The minimum atomic E-state index is -0.485. The summed E-state index contributed by atoms with van der Waals surface area (Å²) in [6, 6.07) is 5.58. The molecule has 0 aliphatic carbocycles. The molecule has 1 heterocycles.